The zero-order chi connectivity index (χ0) is 21.3. The van der Waals surface area contributed by atoms with Crippen LogP contribution in [0.5, 0.6) is 0 Å². The van der Waals surface area contributed by atoms with Crippen LogP contribution in [0.25, 0.3) is 6.08 Å². The molecule has 0 unspecified atom stereocenters. The highest BCUT2D eigenvalue weighted by atomic mass is 32.1. The van der Waals surface area contributed by atoms with Gasteiger partial charge in [-0.1, -0.05) is 49.2 Å². The first-order valence-electron chi connectivity index (χ1n) is 10.1. The number of aryl methyl sites for hydroxylation is 2. The zero-order valence-corrected chi connectivity index (χ0v) is 18.1. The molecule has 30 heavy (non-hydrogen) atoms. The van der Waals surface area contributed by atoms with Crippen molar-refractivity contribution in [1.82, 2.24) is 5.32 Å². The van der Waals surface area contributed by atoms with Gasteiger partial charge in [0.05, 0.1) is 0 Å². The Morgan fingerprint density at radius 2 is 1.83 bits per heavy atom. The first-order valence-corrected chi connectivity index (χ1v) is 11.0. The molecule has 0 bridgehead atoms. The molecule has 2 N–H and O–H groups in total. The van der Waals surface area contributed by atoms with E-state index in [4.69, 9.17) is 0 Å². The van der Waals surface area contributed by atoms with Gasteiger partial charge in [0.1, 0.15) is 5.70 Å². The Morgan fingerprint density at radius 1 is 1.03 bits per heavy atom. The van der Waals surface area contributed by atoms with Gasteiger partial charge in [-0.25, -0.2) is 0 Å². The summed E-state index contributed by atoms with van der Waals surface area (Å²) in [6, 6.07) is 18.9. The second-order valence-corrected chi connectivity index (χ2v) is 8.13. The summed E-state index contributed by atoms with van der Waals surface area (Å²) in [5.74, 6) is -0.669. The number of thiophene rings is 1. The van der Waals surface area contributed by atoms with E-state index in [-0.39, 0.29) is 17.5 Å². The van der Waals surface area contributed by atoms with E-state index in [2.05, 4.69) is 17.6 Å². The van der Waals surface area contributed by atoms with Gasteiger partial charge in [0.2, 0.25) is 0 Å². The number of carbonyl (C=O) groups excluding carboxylic acids is 2. The minimum absolute atomic E-state index is 0.207. The van der Waals surface area contributed by atoms with Crippen molar-refractivity contribution < 1.29 is 9.59 Å². The van der Waals surface area contributed by atoms with Crippen molar-refractivity contribution in [3.63, 3.8) is 0 Å². The van der Waals surface area contributed by atoms with Crippen LogP contribution in [-0.4, -0.2) is 11.8 Å². The Balaban J connectivity index is 1.76. The summed E-state index contributed by atoms with van der Waals surface area (Å²) in [4.78, 5) is 26.5. The van der Waals surface area contributed by atoms with Crippen molar-refractivity contribution >= 4 is 34.9 Å². The van der Waals surface area contributed by atoms with Gasteiger partial charge in [0.15, 0.2) is 0 Å². The molecule has 0 aliphatic rings. The summed E-state index contributed by atoms with van der Waals surface area (Å²) in [5.41, 5.74) is 3.65. The lowest BCUT2D eigenvalue weighted by atomic mass is 10.1. The minimum atomic E-state index is -0.356. The number of carbonyl (C=O) groups is 2. The van der Waals surface area contributed by atoms with Gasteiger partial charge in [0.25, 0.3) is 11.8 Å². The van der Waals surface area contributed by atoms with E-state index in [0.29, 0.717) is 11.3 Å². The molecule has 2 amide bonds. The number of benzene rings is 2. The summed E-state index contributed by atoms with van der Waals surface area (Å²) in [6.07, 6.45) is 5.02. The molecule has 0 aliphatic heterocycles. The molecule has 3 rings (SSSR count). The largest absolute Gasteiger partial charge is 0.321 e. The molecule has 1 aromatic heterocycles. The lowest BCUT2D eigenvalue weighted by Crippen LogP contribution is -2.30. The van der Waals surface area contributed by atoms with E-state index in [1.54, 1.807) is 18.2 Å². The van der Waals surface area contributed by atoms with Gasteiger partial charge in [-0.3, -0.25) is 9.59 Å². The van der Waals surface area contributed by atoms with E-state index in [9.17, 15) is 9.59 Å². The Labute approximate surface area is 181 Å². The maximum atomic E-state index is 12.9. The average molecular weight is 419 g/mol. The number of anilines is 1. The van der Waals surface area contributed by atoms with Crippen molar-refractivity contribution in [2.45, 2.75) is 33.1 Å². The molecular formula is C25H26N2O2S. The van der Waals surface area contributed by atoms with E-state index in [0.717, 1.165) is 29.7 Å². The molecule has 3 aromatic rings. The van der Waals surface area contributed by atoms with Crippen LogP contribution in [0.1, 0.15) is 46.1 Å². The average Bonchev–Trinajstić information content (AvgIpc) is 3.26. The van der Waals surface area contributed by atoms with Gasteiger partial charge >= 0.3 is 0 Å². The minimum Gasteiger partial charge on any atom is -0.321 e. The molecule has 0 fully saturated rings. The third-order valence-corrected chi connectivity index (χ3v) is 5.45. The van der Waals surface area contributed by atoms with Gasteiger partial charge in [-0.2, -0.15) is 0 Å². The van der Waals surface area contributed by atoms with Crippen LogP contribution in [0, 0.1) is 6.92 Å². The molecule has 0 atom stereocenters. The summed E-state index contributed by atoms with van der Waals surface area (Å²) >= 11 is 1.50. The lowest BCUT2D eigenvalue weighted by molar-refractivity contribution is -0.113. The van der Waals surface area contributed by atoms with Crippen molar-refractivity contribution in [3.05, 3.63) is 93.3 Å². The Hall–Kier alpha value is -3.18. The molecule has 154 valence electrons. The molecule has 0 radical (unpaired) electrons. The van der Waals surface area contributed by atoms with Crippen LogP contribution in [-0.2, 0) is 11.2 Å². The van der Waals surface area contributed by atoms with Gasteiger partial charge in [0, 0.05) is 16.1 Å². The van der Waals surface area contributed by atoms with Crippen LogP contribution in [0.2, 0.25) is 0 Å². The Morgan fingerprint density at radius 3 is 2.50 bits per heavy atom. The lowest BCUT2D eigenvalue weighted by Gasteiger charge is -2.12. The highest BCUT2D eigenvalue weighted by molar-refractivity contribution is 7.10. The fourth-order valence-corrected chi connectivity index (χ4v) is 3.65. The maximum absolute atomic E-state index is 12.9. The van der Waals surface area contributed by atoms with Crippen LogP contribution < -0.4 is 10.6 Å². The summed E-state index contributed by atoms with van der Waals surface area (Å²) in [5, 5.41) is 7.59. The van der Waals surface area contributed by atoms with Crippen LogP contribution in [0.15, 0.2) is 71.7 Å². The van der Waals surface area contributed by atoms with E-state index in [1.807, 2.05) is 60.8 Å². The monoisotopic (exact) mass is 418 g/mol. The van der Waals surface area contributed by atoms with E-state index >= 15 is 0 Å². The summed E-state index contributed by atoms with van der Waals surface area (Å²) in [6.45, 7) is 4.09. The van der Waals surface area contributed by atoms with Crippen LogP contribution in [0.3, 0.4) is 0 Å². The normalized spacial score (nSPS) is 11.2. The standard InChI is InChI=1S/C25H26N2O2S/c1-3-4-8-19-11-13-21(14-12-19)26-25(29)23(17-22-10-6-15-30-22)27-24(28)20-9-5-7-18(2)16-20/h5-7,9-17H,3-4,8H2,1-2H3,(H,26,29)(H,27,28)/b23-17-. The van der Waals surface area contributed by atoms with Crippen LogP contribution >= 0.6 is 11.3 Å². The van der Waals surface area contributed by atoms with Crippen molar-refractivity contribution in [3.8, 4) is 0 Å². The SMILES string of the molecule is CCCCc1ccc(NC(=O)/C(=C/c2cccs2)NC(=O)c2cccc(C)c2)cc1. The first kappa shape index (κ1) is 21.5. The van der Waals surface area contributed by atoms with E-state index in [1.165, 1.54) is 16.9 Å². The van der Waals surface area contributed by atoms with Gasteiger partial charge in [-0.05, 0) is 67.1 Å². The number of hydrogen-bond acceptors (Lipinski definition) is 3. The van der Waals surface area contributed by atoms with Crippen molar-refractivity contribution in [2.24, 2.45) is 0 Å². The van der Waals surface area contributed by atoms with Gasteiger partial charge < -0.3 is 10.6 Å². The molecule has 0 saturated carbocycles. The molecule has 4 nitrogen and oxygen atoms in total. The molecule has 0 saturated heterocycles. The van der Waals surface area contributed by atoms with E-state index < -0.39 is 0 Å². The van der Waals surface area contributed by atoms with Crippen LogP contribution in [0.4, 0.5) is 5.69 Å². The quantitative estimate of drug-likeness (QED) is 0.454. The highest BCUT2D eigenvalue weighted by Gasteiger charge is 2.15. The molecular weight excluding hydrogens is 392 g/mol. The van der Waals surface area contributed by atoms with Crippen molar-refractivity contribution in [1.29, 1.82) is 0 Å². The number of rotatable bonds is 8. The fraction of sp³-hybridized carbons (Fsp3) is 0.200. The zero-order valence-electron chi connectivity index (χ0n) is 17.3. The van der Waals surface area contributed by atoms with Crippen molar-refractivity contribution in [2.75, 3.05) is 5.32 Å². The topological polar surface area (TPSA) is 58.2 Å². The highest BCUT2D eigenvalue weighted by Crippen LogP contribution is 2.16. The Bertz CT molecular complexity index is 1020. The predicted molar refractivity (Wildman–Crippen MR) is 125 cm³/mol. The first-order chi connectivity index (χ1) is 14.5. The molecule has 0 aliphatic carbocycles. The molecule has 1 heterocycles. The third-order valence-electron chi connectivity index (χ3n) is 4.63. The maximum Gasteiger partial charge on any atom is 0.272 e. The molecule has 0 spiro atoms. The number of nitrogens with one attached hydrogen (secondary N) is 2. The molecule has 2 aromatic carbocycles. The smallest absolute Gasteiger partial charge is 0.272 e. The summed E-state index contributed by atoms with van der Waals surface area (Å²) in [7, 11) is 0. The Kier molecular flexibility index (Phi) is 7.57. The number of hydrogen-bond donors (Lipinski definition) is 2. The molecule has 5 heteroatoms. The second kappa shape index (κ2) is 10.6. The number of unbranched alkanes of at least 4 members (excludes halogenated alkanes) is 1. The number of amides is 2. The fourth-order valence-electron chi connectivity index (χ4n) is 2.99. The predicted octanol–water partition coefficient (Wildman–Crippen LogP) is 5.81. The third kappa shape index (κ3) is 6.16. The second-order valence-electron chi connectivity index (χ2n) is 7.15. The summed E-state index contributed by atoms with van der Waals surface area (Å²) < 4.78 is 0. The van der Waals surface area contributed by atoms with Gasteiger partial charge in [-0.15, -0.1) is 11.3 Å².